The van der Waals surface area contributed by atoms with Gasteiger partial charge in [-0.25, -0.2) is 0 Å². The van der Waals surface area contributed by atoms with Gasteiger partial charge >= 0.3 is 40.8 Å². The zero-order valence-corrected chi connectivity index (χ0v) is 34.9. The van der Waals surface area contributed by atoms with E-state index in [2.05, 4.69) is 198 Å². The molecule has 0 fully saturated rings. The van der Waals surface area contributed by atoms with Gasteiger partial charge in [0.05, 0.1) is 22.8 Å². The molecule has 16 bridgehead atoms. The van der Waals surface area contributed by atoms with Gasteiger partial charge in [-0.3, -0.25) is 19.9 Å². The van der Waals surface area contributed by atoms with Crippen LogP contribution in [0.25, 0.3) is 45.0 Å². The Hall–Kier alpha value is -5.20. The van der Waals surface area contributed by atoms with Gasteiger partial charge in [0.25, 0.3) is 0 Å². The first kappa shape index (κ1) is 38.7. The van der Waals surface area contributed by atoms with Gasteiger partial charge < -0.3 is 0 Å². The van der Waals surface area contributed by atoms with Crippen LogP contribution < -0.4 is 0 Å². The number of hydrogen-bond acceptors (Lipinski definition) is 4. The number of fused-ring (bicyclic) bond motifs is 24. The maximum Gasteiger partial charge on any atom is 2.00 e. The third kappa shape index (κ3) is 6.28. The average molecular weight is 918 g/mol. The molecular weight excluding hydrogens is 881 g/mol. The van der Waals surface area contributed by atoms with E-state index in [1.165, 1.54) is 0 Å². The third-order valence-corrected chi connectivity index (χ3v) is 11.5. The first-order valence-electron chi connectivity index (χ1n) is 18.7. The third-order valence-electron chi connectivity index (χ3n) is 11.5. The van der Waals surface area contributed by atoms with Crippen LogP contribution in [0.1, 0.15) is 72.7 Å². The molecule has 8 aromatic rings. The van der Waals surface area contributed by atoms with Crippen LogP contribution in [0, 0.1) is 24.3 Å². The smallest absolute Gasteiger partial charge is 0.299 e. The summed E-state index contributed by atoms with van der Waals surface area (Å²) in [7, 11) is 0. The summed E-state index contributed by atoms with van der Waals surface area (Å²) in [5, 5.41) is 0. The van der Waals surface area contributed by atoms with Crippen LogP contribution in [0.4, 0.5) is 0 Å². The van der Waals surface area contributed by atoms with E-state index in [1.807, 2.05) is 0 Å². The van der Waals surface area contributed by atoms with Crippen LogP contribution in [0.2, 0.25) is 0 Å². The fraction of sp³-hybridized carbons (Fsp3) is 0.137. The Kier molecular flexibility index (Phi) is 9.93. The molecule has 0 aliphatic carbocycles. The van der Waals surface area contributed by atoms with Crippen molar-refractivity contribution in [2.45, 2.75) is 43.9 Å². The van der Waals surface area contributed by atoms with Gasteiger partial charge in [0.1, 0.15) is 5.41 Å². The fourth-order valence-corrected chi connectivity index (χ4v) is 8.18. The molecule has 2 aliphatic rings. The van der Waals surface area contributed by atoms with Crippen molar-refractivity contribution < 1.29 is 40.8 Å². The largest absolute Gasteiger partial charge is 2.00 e. The topological polar surface area (TPSA) is 51.6 Å². The summed E-state index contributed by atoms with van der Waals surface area (Å²) in [5.74, 6) is 0. The Morgan fingerprint density at radius 2 is 0.544 bits per heavy atom. The van der Waals surface area contributed by atoms with Gasteiger partial charge in [0.2, 0.25) is 0 Å². The number of rotatable bonds is 0. The molecular formula is C51H36N4Pd2. The number of aromatic nitrogens is 4. The number of nitrogens with zero attached hydrogens (tertiary/aromatic N) is 4. The van der Waals surface area contributed by atoms with Crippen LogP contribution in [-0.2, 0) is 57.1 Å². The molecule has 0 saturated carbocycles. The predicted octanol–water partition coefficient (Wildman–Crippen LogP) is 10.8. The maximum atomic E-state index is 5.54. The molecule has 2 aliphatic heterocycles. The normalized spacial score (nSPS) is 14.8. The molecule has 4 aromatic heterocycles. The SMILES string of the molecule is CC1(C)c2[c-]c(ccc2)-c2cccc(n2)C2(c3cccc(n3)-c3[c-]c1ccc3)c1cccc(n1)-c1[c-]c(ccc1)C(C)(C)c1[c-]c(ccc1)-c1cccc2n1.[Pd+2].[Pd+2]. The second-order valence-corrected chi connectivity index (χ2v) is 15.5. The summed E-state index contributed by atoms with van der Waals surface area (Å²) < 4.78 is 0. The molecule has 0 N–H and O–H groups in total. The first-order valence-corrected chi connectivity index (χ1v) is 18.7. The second kappa shape index (κ2) is 14.6. The molecule has 0 radical (unpaired) electrons. The molecule has 0 amide bonds. The monoisotopic (exact) mass is 916 g/mol. The van der Waals surface area contributed by atoms with Gasteiger partial charge in [0.15, 0.2) is 0 Å². The Labute approximate surface area is 362 Å². The van der Waals surface area contributed by atoms with Crippen molar-refractivity contribution in [3.63, 3.8) is 0 Å². The van der Waals surface area contributed by atoms with Crippen LogP contribution >= 0.6 is 0 Å². The van der Waals surface area contributed by atoms with Crippen LogP contribution in [-0.4, -0.2) is 19.9 Å². The molecule has 280 valence electrons. The molecule has 0 saturated heterocycles. The van der Waals surface area contributed by atoms with Crippen molar-refractivity contribution in [2.75, 3.05) is 0 Å². The van der Waals surface area contributed by atoms with Crippen molar-refractivity contribution in [2.24, 2.45) is 0 Å². The summed E-state index contributed by atoms with van der Waals surface area (Å²) >= 11 is 0. The van der Waals surface area contributed by atoms with Gasteiger partial charge in [0, 0.05) is 0 Å². The average Bonchev–Trinajstić information content (AvgIpc) is 3.24. The van der Waals surface area contributed by atoms with Gasteiger partial charge in [-0.15, -0.1) is 142 Å². The molecule has 57 heavy (non-hydrogen) atoms. The Bertz CT molecular complexity index is 2430. The zero-order valence-electron chi connectivity index (χ0n) is 31.8. The standard InChI is InChI=1S/C51H36N4.2Pd/c1-49(2)37-17-5-13-33(29-37)41-21-9-25-45(52-41)51(46-26-10-22-42(53-46)34-14-6-18-38(49)30-34)47-27-11-23-43(54-47)35-15-7-19-39(31-35)50(3,4)40-20-8-16-36(32-40)44-24-12-28-48(51)55-44;;/h5-28H,1-4H3;;/q-4;2*+2. The molecule has 0 unspecified atom stereocenters. The molecule has 0 atom stereocenters. The second-order valence-electron chi connectivity index (χ2n) is 15.5. The van der Waals surface area contributed by atoms with Crippen molar-refractivity contribution in [3.05, 3.63) is 215 Å². The molecule has 10 rings (SSSR count). The first-order chi connectivity index (χ1) is 26.7. The Morgan fingerprint density at radius 3 is 0.789 bits per heavy atom. The van der Waals surface area contributed by atoms with Crippen LogP contribution in [0.15, 0.2) is 146 Å². The van der Waals surface area contributed by atoms with E-state index in [9.17, 15) is 0 Å². The van der Waals surface area contributed by atoms with Crippen molar-refractivity contribution >= 4 is 0 Å². The van der Waals surface area contributed by atoms with Crippen LogP contribution in [0.3, 0.4) is 0 Å². The van der Waals surface area contributed by atoms with E-state index < -0.39 is 5.41 Å². The number of hydrogen-bond donors (Lipinski definition) is 0. The summed E-state index contributed by atoms with van der Waals surface area (Å²) in [6.45, 7) is 8.89. The summed E-state index contributed by atoms with van der Waals surface area (Å²) in [4.78, 5) is 22.2. The minimum Gasteiger partial charge on any atom is -0.299 e. The molecule has 6 heterocycles. The van der Waals surface area contributed by atoms with E-state index in [0.717, 1.165) is 90.1 Å². The summed E-state index contributed by atoms with van der Waals surface area (Å²) in [6.07, 6.45) is 0. The van der Waals surface area contributed by atoms with E-state index in [1.54, 1.807) is 0 Å². The van der Waals surface area contributed by atoms with Crippen LogP contribution in [0.5, 0.6) is 0 Å². The zero-order chi connectivity index (χ0) is 37.4. The van der Waals surface area contributed by atoms with Gasteiger partial charge in [-0.2, -0.15) is 0 Å². The molecule has 1 spiro atoms. The quantitative estimate of drug-likeness (QED) is 0.112. The minimum absolute atomic E-state index is 0. The minimum atomic E-state index is -1.16. The molecule has 6 heteroatoms. The molecule has 4 nitrogen and oxygen atoms in total. The fourth-order valence-electron chi connectivity index (χ4n) is 8.18. The number of benzene rings is 4. The predicted molar refractivity (Wildman–Crippen MR) is 217 cm³/mol. The van der Waals surface area contributed by atoms with Gasteiger partial charge in [-0.1, -0.05) is 76.2 Å². The Morgan fingerprint density at radius 1 is 0.316 bits per heavy atom. The van der Waals surface area contributed by atoms with E-state index in [-0.39, 0.29) is 51.7 Å². The van der Waals surface area contributed by atoms with E-state index in [4.69, 9.17) is 19.9 Å². The van der Waals surface area contributed by atoms with E-state index in [0.29, 0.717) is 0 Å². The summed E-state index contributed by atoms with van der Waals surface area (Å²) in [6, 6.07) is 65.2. The maximum absolute atomic E-state index is 5.54. The molecule has 4 aromatic carbocycles. The van der Waals surface area contributed by atoms with Crippen molar-refractivity contribution in [3.8, 4) is 45.0 Å². The Balaban J connectivity index is 0.00000228. The van der Waals surface area contributed by atoms with Gasteiger partial charge in [-0.05, 0) is 57.9 Å². The van der Waals surface area contributed by atoms with Crippen molar-refractivity contribution in [1.82, 2.24) is 19.9 Å². The van der Waals surface area contributed by atoms with Crippen molar-refractivity contribution in [1.29, 1.82) is 0 Å². The van der Waals surface area contributed by atoms with E-state index >= 15 is 0 Å². The number of pyridine rings is 4. The summed E-state index contributed by atoms with van der Waals surface area (Å²) in [5.41, 5.74) is 12.2.